The van der Waals surface area contributed by atoms with Gasteiger partial charge in [0.2, 0.25) is 0 Å². The summed E-state index contributed by atoms with van der Waals surface area (Å²) in [6, 6.07) is 1.15. The maximum absolute atomic E-state index is 13.8. The Hall–Kier alpha value is -2.51. The molecule has 1 aromatic carbocycles. The summed E-state index contributed by atoms with van der Waals surface area (Å²) < 4.78 is 31.8. The van der Waals surface area contributed by atoms with Crippen molar-refractivity contribution in [2.75, 3.05) is 12.4 Å². The molecule has 2 rings (SSSR count). The van der Waals surface area contributed by atoms with Gasteiger partial charge >= 0.3 is 17.8 Å². The second kappa shape index (κ2) is 8.73. The van der Waals surface area contributed by atoms with Crippen molar-refractivity contribution in [3.05, 3.63) is 29.3 Å². The van der Waals surface area contributed by atoms with Gasteiger partial charge in [0.15, 0.2) is 0 Å². The number of anilines is 1. The molecule has 26 heavy (non-hydrogen) atoms. The Balaban J connectivity index is 2.00. The molecule has 0 aliphatic heterocycles. The predicted octanol–water partition coefficient (Wildman–Crippen LogP) is 2.77. The molecule has 0 atom stereocenters. The Morgan fingerprint density at radius 3 is 2.31 bits per heavy atom. The molecule has 1 saturated carbocycles. The van der Waals surface area contributed by atoms with Gasteiger partial charge in [-0.05, 0) is 37.7 Å². The van der Waals surface area contributed by atoms with E-state index in [-0.39, 0.29) is 6.04 Å². The van der Waals surface area contributed by atoms with Crippen LogP contribution < -0.4 is 10.6 Å². The summed E-state index contributed by atoms with van der Waals surface area (Å²) in [5.41, 5.74) is -1.01. The summed E-state index contributed by atoms with van der Waals surface area (Å²) >= 11 is 0. The van der Waals surface area contributed by atoms with Gasteiger partial charge in [-0.25, -0.2) is 13.6 Å². The first-order valence-corrected chi connectivity index (χ1v) is 8.54. The van der Waals surface area contributed by atoms with Crippen molar-refractivity contribution >= 4 is 23.5 Å². The van der Waals surface area contributed by atoms with Gasteiger partial charge in [0.05, 0.1) is 18.4 Å². The number of amides is 2. The zero-order valence-corrected chi connectivity index (χ0v) is 14.7. The van der Waals surface area contributed by atoms with Crippen LogP contribution in [0.3, 0.4) is 0 Å². The van der Waals surface area contributed by atoms with Gasteiger partial charge in [-0.15, -0.1) is 0 Å². The molecule has 142 valence electrons. The van der Waals surface area contributed by atoms with Crippen LogP contribution in [0.2, 0.25) is 0 Å². The molecule has 0 spiro atoms. The largest absolute Gasteiger partial charge is 0.465 e. The van der Waals surface area contributed by atoms with Gasteiger partial charge < -0.3 is 15.4 Å². The number of carbonyl (C=O) groups excluding carboxylic acids is 3. The average molecular weight is 368 g/mol. The van der Waals surface area contributed by atoms with Crippen LogP contribution in [0.15, 0.2) is 12.1 Å². The molecule has 1 fully saturated rings. The van der Waals surface area contributed by atoms with Crippen LogP contribution in [-0.2, 0) is 14.3 Å². The molecule has 1 aliphatic rings. The molecular formula is C18H22F2N2O4. The second-order valence-corrected chi connectivity index (χ2v) is 6.36. The average Bonchev–Trinajstić information content (AvgIpc) is 2.63. The third-order valence-electron chi connectivity index (χ3n) is 4.68. The van der Waals surface area contributed by atoms with E-state index in [1.54, 1.807) is 0 Å². The third-order valence-corrected chi connectivity index (χ3v) is 4.68. The van der Waals surface area contributed by atoms with Gasteiger partial charge in [-0.3, -0.25) is 9.59 Å². The van der Waals surface area contributed by atoms with E-state index >= 15 is 0 Å². The zero-order chi connectivity index (χ0) is 19.3. The highest BCUT2D eigenvalue weighted by molar-refractivity contribution is 6.39. The van der Waals surface area contributed by atoms with Crippen molar-refractivity contribution < 1.29 is 27.9 Å². The fourth-order valence-electron chi connectivity index (χ4n) is 3.06. The number of esters is 1. The minimum Gasteiger partial charge on any atom is -0.465 e. The highest BCUT2D eigenvalue weighted by Gasteiger charge is 2.25. The van der Waals surface area contributed by atoms with Gasteiger partial charge in [0.25, 0.3) is 0 Å². The van der Waals surface area contributed by atoms with Crippen molar-refractivity contribution in [3.8, 4) is 0 Å². The van der Waals surface area contributed by atoms with Crippen molar-refractivity contribution in [1.29, 1.82) is 0 Å². The molecule has 2 amide bonds. The lowest BCUT2D eigenvalue weighted by Gasteiger charge is -2.28. The summed E-state index contributed by atoms with van der Waals surface area (Å²) in [5.74, 6) is -4.57. The Bertz CT molecular complexity index is 701. The lowest BCUT2D eigenvalue weighted by atomic mass is 9.84. The minimum absolute atomic E-state index is 0.0975. The molecule has 0 saturated heterocycles. The van der Waals surface area contributed by atoms with E-state index in [9.17, 15) is 23.2 Å². The molecule has 1 aliphatic carbocycles. The van der Waals surface area contributed by atoms with E-state index in [1.807, 2.05) is 0 Å². The van der Waals surface area contributed by atoms with Gasteiger partial charge in [0, 0.05) is 12.1 Å². The van der Waals surface area contributed by atoms with Crippen LogP contribution in [0, 0.1) is 17.6 Å². The predicted molar refractivity (Wildman–Crippen MR) is 90.5 cm³/mol. The maximum Gasteiger partial charge on any atom is 0.340 e. The van der Waals surface area contributed by atoms with E-state index in [2.05, 4.69) is 22.3 Å². The lowest BCUT2D eigenvalue weighted by molar-refractivity contribution is -0.136. The Morgan fingerprint density at radius 2 is 1.73 bits per heavy atom. The first-order valence-electron chi connectivity index (χ1n) is 8.54. The van der Waals surface area contributed by atoms with Crippen molar-refractivity contribution in [2.45, 2.75) is 45.1 Å². The smallest absolute Gasteiger partial charge is 0.340 e. The fourth-order valence-corrected chi connectivity index (χ4v) is 3.06. The molecule has 1 aromatic rings. The first-order chi connectivity index (χ1) is 12.3. The normalized spacial score (nSPS) is 19.5. The first kappa shape index (κ1) is 19.8. The van der Waals surface area contributed by atoms with Gasteiger partial charge in [0.1, 0.15) is 11.6 Å². The number of hydrogen-bond acceptors (Lipinski definition) is 4. The second-order valence-electron chi connectivity index (χ2n) is 6.36. The van der Waals surface area contributed by atoms with Gasteiger partial charge in [-0.2, -0.15) is 0 Å². The van der Waals surface area contributed by atoms with E-state index in [0.717, 1.165) is 45.3 Å². The van der Waals surface area contributed by atoms with E-state index in [0.29, 0.717) is 12.0 Å². The SMILES string of the molecule is CCC1CCC(NC(=O)C(=O)Nc2cc(C(=O)OC)c(F)cc2F)CC1. The zero-order valence-electron chi connectivity index (χ0n) is 14.7. The lowest BCUT2D eigenvalue weighted by Crippen LogP contribution is -2.43. The fraction of sp³-hybridized carbons (Fsp3) is 0.500. The maximum atomic E-state index is 13.8. The van der Waals surface area contributed by atoms with Gasteiger partial charge in [-0.1, -0.05) is 13.3 Å². The molecule has 0 heterocycles. The van der Waals surface area contributed by atoms with Crippen LogP contribution in [0.1, 0.15) is 49.4 Å². The van der Waals surface area contributed by atoms with Crippen molar-refractivity contribution in [3.63, 3.8) is 0 Å². The molecule has 2 N–H and O–H groups in total. The Labute approximate surface area is 150 Å². The number of benzene rings is 1. The van der Waals surface area contributed by atoms with E-state index in [4.69, 9.17) is 0 Å². The molecule has 6 nitrogen and oxygen atoms in total. The standard InChI is InChI=1S/C18H22F2N2O4/c1-3-10-4-6-11(7-5-10)21-16(23)17(24)22-15-8-12(18(25)26-2)13(19)9-14(15)20/h8-11H,3-7H2,1-2H3,(H,21,23)(H,22,24). The Kier molecular flexibility index (Phi) is 6.65. The Morgan fingerprint density at radius 1 is 1.08 bits per heavy atom. The minimum atomic E-state index is -1.12. The number of rotatable bonds is 4. The van der Waals surface area contributed by atoms with Crippen LogP contribution >= 0.6 is 0 Å². The number of carbonyl (C=O) groups is 3. The summed E-state index contributed by atoms with van der Waals surface area (Å²) in [4.78, 5) is 35.5. The summed E-state index contributed by atoms with van der Waals surface area (Å²) in [7, 11) is 1.05. The molecule has 0 bridgehead atoms. The number of methoxy groups -OCH3 is 1. The van der Waals surface area contributed by atoms with Crippen LogP contribution in [0.4, 0.5) is 14.5 Å². The molecule has 0 aromatic heterocycles. The molecule has 0 radical (unpaired) electrons. The number of nitrogens with one attached hydrogen (secondary N) is 2. The molecule has 0 unspecified atom stereocenters. The topological polar surface area (TPSA) is 84.5 Å². The van der Waals surface area contributed by atoms with Crippen molar-refractivity contribution in [2.24, 2.45) is 5.92 Å². The quantitative estimate of drug-likeness (QED) is 0.632. The number of halogens is 2. The van der Waals surface area contributed by atoms with E-state index in [1.165, 1.54) is 0 Å². The number of ether oxygens (including phenoxy) is 1. The van der Waals surface area contributed by atoms with Crippen LogP contribution in [-0.4, -0.2) is 30.9 Å². The summed E-state index contributed by atoms with van der Waals surface area (Å²) in [5, 5.41) is 4.69. The van der Waals surface area contributed by atoms with Crippen molar-refractivity contribution in [1.82, 2.24) is 5.32 Å². The summed E-state index contributed by atoms with van der Waals surface area (Å²) in [6.45, 7) is 2.12. The van der Waals surface area contributed by atoms with Crippen LogP contribution in [0.5, 0.6) is 0 Å². The third kappa shape index (κ3) is 4.77. The molecular weight excluding hydrogens is 346 g/mol. The van der Waals surface area contributed by atoms with Crippen LogP contribution in [0.25, 0.3) is 0 Å². The highest BCUT2D eigenvalue weighted by Crippen LogP contribution is 2.26. The summed E-state index contributed by atoms with van der Waals surface area (Å²) in [6.07, 6.45) is 4.63. The van der Waals surface area contributed by atoms with E-state index < -0.39 is 40.7 Å². The number of hydrogen-bond donors (Lipinski definition) is 2. The molecule has 8 heteroatoms. The monoisotopic (exact) mass is 368 g/mol. The highest BCUT2D eigenvalue weighted by atomic mass is 19.1.